The predicted octanol–water partition coefficient (Wildman–Crippen LogP) is 4.32. The minimum atomic E-state index is -0.877. The average molecular weight is 319 g/mol. The molecular formula is C15H11ClN2O2S. The number of carbonyl (C=O) groups is 1. The van der Waals surface area contributed by atoms with Crippen LogP contribution in [0.1, 0.15) is 5.56 Å². The van der Waals surface area contributed by atoms with Crippen LogP contribution in [-0.4, -0.2) is 16.1 Å². The van der Waals surface area contributed by atoms with E-state index in [1.807, 2.05) is 24.3 Å². The molecule has 0 unspecified atom stereocenters. The van der Waals surface area contributed by atoms with Gasteiger partial charge in [0.25, 0.3) is 0 Å². The lowest BCUT2D eigenvalue weighted by Gasteiger charge is -2.06. The highest BCUT2D eigenvalue weighted by Gasteiger charge is 2.08. The second-order valence-electron chi connectivity index (χ2n) is 4.50. The number of rotatable bonds is 4. The number of carboxylic acids is 1. The zero-order valence-corrected chi connectivity index (χ0v) is 12.4. The van der Waals surface area contributed by atoms with E-state index in [2.05, 4.69) is 10.3 Å². The summed E-state index contributed by atoms with van der Waals surface area (Å²) in [5.74, 6) is -0.877. The molecule has 4 nitrogen and oxygen atoms in total. The van der Waals surface area contributed by atoms with Crippen LogP contribution in [0.4, 0.5) is 10.8 Å². The molecule has 3 rings (SSSR count). The van der Waals surface area contributed by atoms with Crippen molar-refractivity contribution in [1.29, 1.82) is 0 Å². The van der Waals surface area contributed by atoms with Crippen LogP contribution in [0, 0.1) is 0 Å². The van der Waals surface area contributed by atoms with Crippen LogP contribution in [0.3, 0.4) is 0 Å². The number of nitrogens with zero attached hydrogens (tertiary/aromatic N) is 1. The number of halogens is 1. The van der Waals surface area contributed by atoms with E-state index in [9.17, 15) is 4.79 Å². The van der Waals surface area contributed by atoms with Crippen LogP contribution in [-0.2, 0) is 11.2 Å². The summed E-state index contributed by atoms with van der Waals surface area (Å²) in [6.07, 6.45) is -0.0405. The van der Waals surface area contributed by atoms with Gasteiger partial charge in [-0.05, 0) is 29.8 Å². The molecule has 0 bridgehead atoms. The average Bonchev–Trinajstić information content (AvgIpc) is 2.83. The molecule has 2 aromatic carbocycles. The fraction of sp³-hybridized carbons (Fsp3) is 0.0667. The number of benzene rings is 2. The third-order valence-electron chi connectivity index (χ3n) is 2.92. The second-order valence-corrected chi connectivity index (χ2v) is 5.93. The first-order valence-corrected chi connectivity index (χ1v) is 7.44. The summed E-state index contributed by atoms with van der Waals surface area (Å²) >= 11 is 7.72. The number of fused-ring (bicyclic) bond motifs is 1. The molecule has 21 heavy (non-hydrogen) atoms. The first-order valence-electron chi connectivity index (χ1n) is 6.24. The second kappa shape index (κ2) is 5.71. The molecule has 0 saturated carbocycles. The van der Waals surface area contributed by atoms with E-state index in [-0.39, 0.29) is 6.42 Å². The fourth-order valence-corrected chi connectivity index (χ4v) is 3.11. The molecule has 2 N–H and O–H groups in total. The fourth-order valence-electron chi connectivity index (χ4n) is 1.99. The van der Waals surface area contributed by atoms with Gasteiger partial charge in [-0.25, -0.2) is 4.98 Å². The van der Waals surface area contributed by atoms with Gasteiger partial charge in [-0.3, -0.25) is 4.79 Å². The Balaban J connectivity index is 1.85. The lowest BCUT2D eigenvalue weighted by molar-refractivity contribution is -0.136. The summed E-state index contributed by atoms with van der Waals surface area (Å²) in [6, 6.07) is 13.1. The molecule has 6 heteroatoms. The molecule has 0 aliphatic rings. The van der Waals surface area contributed by atoms with Crippen molar-refractivity contribution >= 4 is 49.9 Å². The smallest absolute Gasteiger partial charge is 0.307 e. The third-order valence-corrected chi connectivity index (χ3v) is 4.19. The summed E-state index contributed by atoms with van der Waals surface area (Å²) in [5, 5.41) is 13.2. The maximum atomic E-state index is 10.7. The van der Waals surface area contributed by atoms with Gasteiger partial charge in [-0.1, -0.05) is 41.1 Å². The molecule has 106 valence electrons. The van der Waals surface area contributed by atoms with E-state index in [0.29, 0.717) is 16.3 Å². The Morgan fingerprint density at radius 1 is 1.29 bits per heavy atom. The van der Waals surface area contributed by atoms with Gasteiger partial charge < -0.3 is 10.4 Å². The van der Waals surface area contributed by atoms with Crippen molar-refractivity contribution in [2.24, 2.45) is 0 Å². The molecule has 0 amide bonds. The van der Waals surface area contributed by atoms with Gasteiger partial charge in [-0.15, -0.1) is 0 Å². The SMILES string of the molecule is O=C(O)Cc1ccc(Nc2nc3ccccc3s2)c(Cl)c1. The number of carboxylic acid groups (broad SMARTS) is 1. The van der Waals surface area contributed by atoms with Crippen molar-refractivity contribution in [2.45, 2.75) is 6.42 Å². The number of para-hydroxylation sites is 1. The predicted molar refractivity (Wildman–Crippen MR) is 85.7 cm³/mol. The Labute approximate surface area is 130 Å². The van der Waals surface area contributed by atoms with Gasteiger partial charge in [0.05, 0.1) is 27.3 Å². The van der Waals surface area contributed by atoms with Crippen molar-refractivity contribution in [1.82, 2.24) is 4.98 Å². The van der Waals surface area contributed by atoms with Crippen LogP contribution in [0.5, 0.6) is 0 Å². The minimum absolute atomic E-state index is 0.0405. The van der Waals surface area contributed by atoms with Gasteiger partial charge in [0.2, 0.25) is 0 Å². The summed E-state index contributed by atoms with van der Waals surface area (Å²) in [6.45, 7) is 0. The number of aromatic nitrogens is 1. The van der Waals surface area contributed by atoms with E-state index in [1.54, 1.807) is 29.5 Å². The van der Waals surface area contributed by atoms with Crippen molar-refractivity contribution in [3.05, 3.63) is 53.1 Å². The van der Waals surface area contributed by atoms with Gasteiger partial charge >= 0.3 is 5.97 Å². The maximum absolute atomic E-state index is 10.7. The van der Waals surface area contributed by atoms with Crippen molar-refractivity contribution in [3.63, 3.8) is 0 Å². The van der Waals surface area contributed by atoms with Crippen LogP contribution in [0.15, 0.2) is 42.5 Å². The lowest BCUT2D eigenvalue weighted by Crippen LogP contribution is -2.00. The molecule has 3 aromatic rings. The molecule has 1 heterocycles. The van der Waals surface area contributed by atoms with E-state index >= 15 is 0 Å². The number of aliphatic carboxylic acids is 1. The third kappa shape index (κ3) is 3.15. The van der Waals surface area contributed by atoms with Gasteiger partial charge in [0.15, 0.2) is 5.13 Å². The van der Waals surface area contributed by atoms with Crippen molar-refractivity contribution in [2.75, 3.05) is 5.32 Å². The van der Waals surface area contributed by atoms with E-state index in [1.165, 1.54) is 0 Å². The molecule has 0 aliphatic carbocycles. The quantitative estimate of drug-likeness (QED) is 0.752. The molecule has 0 spiro atoms. The molecule has 0 saturated heterocycles. The van der Waals surface area contributed by atoms with Crippen molar-refractivity contribution < 1.29 is 9.90 Å². The van der Waals surface area contributed by atoms with E-state index < -0.39 is 5.97 Å². The summed E-state index contributed by atoms with van der Waals surface area (Å²) in [5.41, 5.74) is 2.32. The number of hydrogen-bond donors (Lipinski definition) is 2. The van der Waals surface area contributed by atoms with Gasteiger partial charge in [-0.2, -0.15) is 0 Å². The van der Waals surface area contributed by atoms with Crippen LogP contribution < -0.4 is 5.32 Å². The number of anilines is 2. The highest BCUT2D eigenvalue weighted by Crippen LogP contribution is 2.31. The summed E-state index contributed by atoms with van der Waals surface area (Å²) < 4.78 is 1.10. The first-order chi connectivity index (χ1) is 10.1. The minimum Gasteiger partial charge on any atom is -0.481 e. The van der Waals surface area contributed by atoms with Crippen LogP contribution in [0.25, 0.3) is 10.2 Å². The largest absolute Gasteiger partial charge is 0.481 e. The van der Waals surface area contributed by atoms with Gasteiger partial charge in [0.1, 0.15) is 0 Å². The number of thiazole rings is 1. The molecular weight excluding hydrogens is 308 g/mol. The van der Waals surface area contributed by atoms with Crippen LogP contribution in [0.2, 0.25) is 5.02 Å². The van der Waals surface area contributed by atoms with Gasteiger partial charge in [0, 0.05) is 0 Å². The molecule has 0 radical (unpaired) electrons. The molecule has 0 atom stereocenters. The first kappa shape index (κ1) is 13.9. The van der Waals surface area contributed by atoms with Crippen molar-refractivity contribution in [3.8, 4) is 0 Å². The standard InChI is InChI=1S/C15H11ClN2O2S/c16-10-7-9(8-14(19)20)5-6-11(10)17-15-18-12-3-1-2-4-13(12)21-15/h1-7H,8H2,(H,17,18)(H,19,20). The number of nitrogens with one attached hydrogen (secondary N) is 1. The molecule has 0 aliphatic heterocycles. The topological polar surface area (TPSA) is 62.2 Å². The molecule has 0 fully saturated rings. The molecule has 1 aromatic heterocycles. The summed E-state index contributed by atoms with van der Waals surface area (Å²) in [4.78, 5) is 15.2. The Morgan fingerprint density at radius 2 is 2.10 bits per heavy atom. The monoisotopic (exact) mass is 318 g/mol. The Bertz CT molecular complexity index is 783. The normalized spacial score (nSPS) is 10.7. The zero-order chi connectivity index (χ0) is 14.8. The highest BCUT2D eigenvalue weighted by molar-refractivity contribution is 7.22. The Kier molecular flexibility index (Phi) is 3.77. The van der Waals surface area contributed by atoms with E-state index in [4.69, 9.17) is 16.7 Å². The Morgan fingerprint density at radius 3 is 2.81 bits per heavy atom. The Hall–Kier alpha value is -2.11. The highest BCUT2D eigenvalue weighted by atomic mass is 35.5. The summed E-state index contributed by atoms with van der Waals surface area (Å²) in [7, 11) is 0. The lowest BCUT2D eigenvalue weighted by atomic mass is 10.1. The maximum Gasteiger partial charge on any atom is 0.307 e. The number of hydrogen-bond acceptors (Lipinski definition) is 4. The van der Waals surface area contributed by atoms with E-state index in [0.717, 1.165) is 15.3 Å². The zero-order valence-electron chi connectivity index (χ0n) is 10.8. The van der Waals surface area contributed by atoms with Crippen LogP contribution >= 0.6 is 22.9 Å².